The topological polar surface area (TPSA) is 70.1 Å². The number of carbonyl (C=O) groups is 2. The lowest BCUT2D eigenvalue weighted by Gasteiger charge is -2.38. The van der Waals surface area contributed by atoms with Gasteiger partial charge in [-0.2, -0.15) is 0 Å². The number of aldehydes is 1. The van der Waals surface area contributed by atoms with E-state index >= 15 is 0 Å². The van der Waals surface area contributed by atoms with Crippen LogP contribution in [0.5, 0.6) is 5.75 Å². The molecule has 0 spiro atoms. The lowest BCUT2D eigenvalue weighted by molar-refractivity contribution is -0.143. The molecule has 2 rings (SSSR count). The van der Waals surface area contributed by atoms with E-state index in [1.54, 1.807) is 0 Å². The van der Waals surface area contributed by atoms with Gasteiger partial charge in [0.25, 0.3) is 0 Å². The largest absolute Gasteiger partial charge is 0.494 e. The van der Waals surface area contributed by atoms with Crippen LogP contribution in [0.3, 0.4) is 0 Å². The molecule has 0 aliphatic carbocycles. The van der Waals surface area contributed by atoms with E-state index in [0.717, 1.165) is 50.0 Å². The highest BCUT2D eigenvalue weighted by atomic mass is 16.5. The van der Waals surface area contributed by atoms with Gasteiger partial charge in [-0.05, 0) is 76.7 Å². The summed E-state index contributed by atoms with van der Waals surface area (Å²) >= 11 is 0. The molecule has 1 saturated heterocycles. The maximum atomic E-state index is 13.0. The van der Waals surface area contributed by atoms with E-state index < -0.39 is 12.0 Å². The summed E-state index contributed by atoms with van der Waals surface area (Å²) in [6, 6.07) is 8.44. The van der Waals surface area contributed by atoms with Gasteiger partial charge in [0.15, 0.2) is 0 Å². The highest BCUT2D eigenvalue weighted by Crippen LogP contribution is 2.22. The monoisotopic (exact) mass is 418 g/mol. The smallest absolute Gasteiger partial charge is 0.228 e. The molecule has 0 radical (unpaired) electrons. The van der Waals surface area contributed by atoms with Crippen LogP contribution in [0.15, 0.2) is 24.3 Å². The fourth-order valence-electron chi connectivity index (χ4n) is 4.28. The number of hydrogen-bond acceptors (Lipinski definition) is 5. The Morgan fingerprint density at radius 3 is 2.50 bits per heavy atom. The molecule has 1 aromatic rings. The van der Waals surface area contributed by atoms with Gasteiger partial charge < -0.3 is 24.4 Å². The summed E-state index contributed by atoms with van der Waals surface area (Å²) in [6.45, 7) is 7.22. The fraction of sp³-hybridized carbons (Fsp3) is 0.667. The lowest BCUT2D eigenvalue weighted by atomic mass is 9.92. The second-order valence-corrected chi connectivity index (χ2v) is 8.24. The van der Waals surface area contributed by atoms with Crippen molar-refractivity contribution in [2.24, 2.45) is 5.92 Å². The second-order valence-electron chi connectivity index (χ2n) is 8.24. The van der Waals surface area contributed by atoms with E-state index in [2.05, 4.69) is 18.9 Å². The average Bonchev–Trinajstić information content (AvgIpc) is 2.77. The standard InChI is InChI=1S/C24H38N2O4/c1-4-15-25(3)20-13-16-26(17-14-20)24(29)22(23(28)18-27)8-6-7-19-9-11-21(12-10-19)30-5-2/h9-12,18,20,22-23,28H,4-8,13-17H2,1-3H3/t22-,23-/m1/s1. The van der Waals surface area contributed by atoms with E-state index in [9.17, 15) is 14.7 Å². The minimum atomic E-state index is -1.24. The van der Waals surface area contributed by atoms with Gasteiger partial charge >= 0.3 is 0 Å². The molecule has 1 aliphatic heterocycles. The number of rotatable bonds is 12. The highest BCUT2D eigenvalue weighted by Gasteiger charge is 2.33. The molecular weight excluding hydrogens is 380 g/mol. The van der Waals surface area contributed by atoms with Gasteiger partial charge in [0, 0.05) is 19.1 Å². The molecule has 2 atom stereocenters. The van der Waals surface area contributed by atoms with Crippen LogP contribution in [0.2, 0.25) is 0 Å². The van der Waals surface area contributed by atoms with Gasteiger partial charge in [0.05, 0.1) is 12.5 Å². The molecule has 1 N–H and O–H groups in total. The maximum Gasteiger partial charge on any atom is 0.228 e. The number of amides is 1. The summed E-state index contributed by atoms with van der Waals surface area (Å²) in [5.74, 6) is 0.103. The molecule has 0 bridgehead atoms. The minimum Gasteiger partial charge on any atom is -0.494 e. The Morgan fingerprint density at radius 2 is 1.93 bits per heavy atom. The van der Waals surface area contributed by atoms with Crippen LogP contribution in [-0.2, 0) is 16.0 Å². The van der Waals surface area contributed by atoms with E-state index in [-0.39, 0.29) is 5.91 Å². The Labute approximate surface area is 181 Å². The maximum absolute atomic E-state index is 13.0. The molecular formula is C24H38N2O4. The summed E-state index contributed by atoms with van der Waals surface area (Å²) in [6.07, 6.45) is 4.31. The number of nitrogens with zero attached hydrogens (tertiary/aromatic N) is 2. The molecule has 1 heterocycles. The van der Waals surface area contributed by atoms with Crippen LogP contribution < -0.4 is 4.74 Å². The molecule has 6 nitrogen and oxygen atoms in total. The van der Waals surface area contributed by atoms with Gasteiger partial charge in [-0.25, -0.2) is 0 Å². The number of aliphatic hydroxyl groups is 1. The molecule has 0 saturated carbocycles. The number of aryl methyl sites for hydroxylation is 1. The first-order valence-electron chi connectivity index (χ1n) is 11.3. The third-order valence-corrected chi connectivity index (χ3v) is 6.06. The summed E-state index contributed by atoms with van der Waals surface area (Å²) in [7, 11) is 2.14. The molecule has 6 heteroatoms. The van der Waals surface area contributed by atoms with Gasteiger partial charge in [-0.15, -0.1) is 0 Å². The van der Waals surface area contributed by atoms with Crippen molar-refractivity contribution in [2.75, 3.05) is 33.3 Å². The molecule has 1 amide bonds. The van der Waals surface area contributed by atoms with Crippen LogP contribution in [0.4, 0.5) is 0 Å². The number of aliphatic hydroxyl groups excluding tert-OH is 1. The van der Waals surface area contributed by atoms with Gasteiger partial charge in [-0.3, -0.25) is 4.79 Å². The Balaban J connectivity index is 1.87. The van der Waals surface area contributed by atoms with Crippen LogP contribution in [0.1, 0.15) is 51.5 Å². The summed E-state index contributed by atoms with van der Waals surface area (Å²) in [5.41, 5.74) is 1.16. The van der Waals surface area contributed by atoms with Gasteiger partial charge in [0.2, 0.25) is 5.91 Å². The van der Waals surface area contributed by atoms with E-state index in [1.165, 1.54) is 0 Å². The van der Waals surface area contributed by atoms with Crippen molar-refractivity contribution >= 4 is 12.2 Å². The SMILES string of the molecule is CCCN(C)C1CCN(C(=O)[C@H](CCCc2ccc(OCC)cc2)[C@H](O)C=O)CC1. The normalized spacial score (nSPS) is 17.0. The van der Waals surface area contributed by atoms with E-state index in [1.807, 2.05) is 36.1 Å². The lowest BCUT2D eigenvalue weighted by Crippen LogP contribution is -2.49. The van der Waals surface area contributed by atoms with Crippen molar-refractivity contribution in [3.8, 4) is 5.75 Å². The molecule has 168 valence electrons. The zero-order valence-corrected chi connectivity index (χ0v) is 18.8. The van der Waals surface area contributed by atoms with Crippen molar-refractivity contribution in [2.45, 2.75) is 64.5 Å². The summed E-state index contributed by atoms with van der Waals surface area (Å²) in [5, 5.41) is 10.2. The Bertz CT molecular complexity index is 641. The zero-order valence-electron chi connectivity index (χ0n) is 18.8. The minimum absolute atomic E-state index is 0.0853. The number of carbonyl (C=O) groups excluding carboxylic acids is 2. The predicted molar refractivity (Wildman–Crippen MR) is 119 cm³/mol. The Morgan fingerprint density at radius 1 is 1.27 bits per heavy atom. The zero-order chi connectivity index (χ0) is 21.9. The van der Waals surface area contributed by atoms with Crippen molar-refractivity contribution in [3.63, 3.8) is 0 Å². The quantitative estimate of drug-likeness (QED) is 0.529. The second kappa shape index (κ2) is 12.7. The van der Waals surface area contributed by atoms with E-state index in [4.69, 9.17) is 4.74 Å². The number of likely N-dealkylation sites (tertiary alicyclic amines) is 1. The fourth-order valence-corrected chi connectivity index (χ4v) is 4.28. The molecule has 1 aromatic carbocycles. The number of hydrogen-bond donors (Lipinski definition) is 1. The summed E-state index contributed by atoms with van der Waals surface area (Å²) < 4.78 is 5.46. The molecule has 1 fully saturated rings. The first-order valence-corrected chi connectivity index (χ1v) is 11.3. The average molecular weight is 419 g/mol. The van der Waals surface area contributed by atoms with Crippen molar-refractivity contribution in [1.82, 2.24) is 9.80 Å². The molecule has 1 aliphatic rings. The highest BCUT2D eigenvalue weighted by molar-refractivity contribution is 5.82. The molecule has 30 heavy (non-hydrogen) atoms. The third-order valence-electron chi connectivity index (χ3n) is 6.06. The first-order chi connectivity index (χ1) is 14.5. The first kappa shape index (κ1) is 24.4. The van der Waals surface area contributed by atoms with Crippen molar-refractivity contribution < 1.29 is 19.4 Å². The van der Waals surface area contributed by atoms with Gasteiger partial charge in [-0.1, -0.05) is 19.1 Å². The van der Waals surface area contributed by atoms with Gasteiger partial charge in [0.1, 0.15) is 18.1 Å². The predicted octanol–water partition coefficient (Wildman–Crippen LogP) is 2.92. The number of piperidine rings is 1. The van der Waals surface area contributed by atoms with Crippen LogP contribution in [0.25, 0.3) is 0 Å². The van der Waals surface area contributed by atoms with Crippen molar-refractivity contribution in [1.29, 1.82) is 0 Å². The summed E-state index contributed by atoms with van der Waals surface area (Å²) in [4.78, 5) is 28.5. The van der Waals surface area contributed by atoms with Crippen LogP contribution in [0, 0.1) is 5.92 Å². The molecule has 0 aromatic heterocycles. The van der Waals surface area contributed by atoms with E-state index in [0.29, 0.717) is 38.4 Å². The number of ether oxygens (including phenoxy) is 1. The number of benzene rings is 1. The Hall–Kier alpha value is -1.92. The Kier molecular flexibility index (Phi) is 10.3. The molecule has 0 unspecified atom stereocenters. The van der Waals surface area contributed by atoms with Crippen molar-refractivity contribution in [3.05, 3.63) is 29.8 Å². The van der Waals surface area contributed by atoms with Crippen LogP contribution in [-0.4, -0.2) is 72.5 Å². The van der Waals surface area contributed by atoms with Crippen LogP contribution >= 0.6 is 0 Å². The third kappa shape index (κ3) is 7.10.